The lowest BCUT2D eigenvalue weighted by molar-refractivity contribution is -0.278. The molecule has 1 aromatic heterocycles. The Morgan fingerprint density at radius 1 is 0.645 bits per heavy atom. The third kappa shape index (κ3) is 9.91. The summed E-state index contributed by atoms with van der Waals surface area (Å²) < 4.78 is 39.0. The van der Waals surface area contributed by atoms with Gasteiger partial charge in [-0.25, -0.2) is 9.21 Å². The molecule has 0 spiro atoms. The van der Waals surface area contributed by atoms with Gasteiger partial charge in [-0.1, -0.05) is 6.07 Å². The molecule has 0 amide bonds. The number of ether oxygens (including phenoxy) is 6. The lowest BCUT2D eigenvalue weighted by atomic mass is 9.99. The van der Waals surface area contributed by atoms with Gasteiger partial charge in [0.2, 0.25) is 18.3 Å². The molecule has 6 rings (SSSR count). The fraction of sp³-hybridized carbons (Fsp3) is 0.333. The van der Waals surface area contributed by atoms with E-state index in [1.54, 1.807) is 0 Å². The Kier molecular flexibility index (Phi) is 13.4. The van der Waals surface area contributed by atoms with Gasteiger partial charge in [-0.3, -0.25) is 9.59 Å². The third-order valence-electron chi connectivity index (χ3n) is 9.46. The molecular weight excluding hydrogens is 836 g/mol. The molecule has 3 aromatic carbocycles. The zero-order valence-electron chi connectivity index (χ0n) is 31.6. The van der Waals surface area contributed by atoms with Crippen molar-refractivity contribution in [3.63, 3.8) is 0 Å². The summed E-state index contributed by atoms with van der Waals surface area (Å²) in [6.45, 7) is -1.53. The van der Waals surface area contributed by atoms with Gasteiger partial charge in [0.05, 0.1) is 11.6 Å². The van der Waals surface area contributed by atoms with E-state index in [2.05, 4.69) is 0 Å². The largest absolute Gasteiger partial charge is 0.507 e. The lowest BCUT2D eigenvalue weighted by Gasteiger charge is -2.40. The van der Waals surface area contributed by atoms with E-state index in [-0.39, 0.29) is 16.5 Å². The van der Waals surface area contributed by atoms with Crippen LogP contribution in [0.5, 0.6) is 46.0 Å². The molecule has 332 valence electrons. The Bertz CT molecular complexity index is 2320. The number of hydrogen-bond acceptors (Lipinski definition) is 21. The topological polar surface area (TPSA) is 381 Å². The standard InChI is InChI=1S/C39H38O23/c40-16-8-22-17(23(9-16)59-38-35(54)33(52)32(51)26(61-38)13-57-29(48)11-27(45)46)10-24(37(58-22)15-6-20(43)30(49)21(44)7-15)60-39-36(55)34(53)31(50)25(62-39)12-56-28(47)4-2-14-1-3-18(41)19(42)5-14/h1-10,25-26,31-36,38-39,50-55H,11-13H2,(H6-,40,41,42,43,44,45,46,47,49)/p+1. The molecule has 0 aliphatic carbocycles. The highest BCUT2D eigenvalue weighted by atomic mass is 16.7. The molecule has 2 aliphatic rings. The van der Waals surface area contributed by atoms with Crippen molar-refractivity contribution in [2.24, 2.45) is 0 Å². The second-order valence-electron chi connectivity index (χ2n) is 13.9. The van der Waals surface area contributed by atoms with E-state index in [1.165, 1.54) is 18.2 Å². The van der Waals surface area contributed by atoms with Gasteiger partial charge in [0.25, 0.3) is 0 Å². The first-order valence-corrected chi connectivity index (χ1v) is 18.2. The van der Waals surface area contributed by atoms with Crippen LogP contribution in [0.2, 0.25) is 0 Å². The first-order valence-electron chi connectivity index (χ1n) is 18.2. The zero-order valence-corrected chi connectivity index (χ0v) is 31.6. The summed E-state index contributed by atoms with van der Waals surface area (Å²) in [6.07, 6.45) is -17.7. The number of aromatic hydroxyl groups is 6. The Morgan fingerprint density at radius 3 is 1.81 bits per heavy atom. The van der Waals surface area contributed by atoms with Crippen LogP contribution in [0.25, 0.3) is 28.4 Å². The normalized spacial score (nSPS) is 26.2. The van der Waals surface area contributed by atoms with E-state index in [4.69, 9.17) is 37.9 Å². The van der Waals surface area contributed by atoms with E-state index in [0.29, 0.717) is 5.56 Å². The molecule has 62 heavy (non-hydrogen) atoms. The van der Waals surface area contributed by atoms with Gasteiger partial charge >= 0.3 is 29.3 Å². The van der Waals surface area contributed by atoms with Crippen molar-refractivity contribution < 1.29 is 114 Å². The molecule has 0 bridgehead atoms. The first-order chi connectivity index (χ1) is 29.3. The molecule has 2 saturated heterocycles. The minimum Gasteiger partial charge on any atom is -0.507 e. The second kappa shape index (κ2) is 18.5. The highest BCUT2D eigenvalue weighted by Gasteiger charge is 2.48. The van der Waals surface area contributed by atoms with Crippen molar-refractivity contribution in [3.8, 4) is 57.3 Å². The van der Waals surface area contributed by atoms with Crippen LogP contribution in [0.1, 0.15) is 12.0 Å². The van der Waals surface area contributed by atoms with Gasteiger partial charge in [-0.2, -0.15) is 0 Å². The Morgan fingerprint density at radius 2 is 1.23 bits per heavy atom. The van der Waals surface area contributed by atoms with Crippen molar-refractivity contribution in [1.29, 1.82) is 0 Å². The van der Waals surface area contributed by atoms with E-state index in [1.807, 2.05) is 0 Å². The molecule has 23 heteroatoms. The predicted octanol–water partition coefficient (Wildman–Crippen LogP) is -0.738. The molecule has 0 radical (unpaired) electrons. The van der Waals surface area contributed by atoms with Crippen LogP contribution in [-0.2, 0) is 33.3 Å². The van der Waals surface area contributed by atoms with Crippen LogP contribution in [0, 0.1) is 0 Å². The summed E-state index contributed by atoms with van der Waals surface area (Å²) in [5, 5.41) is 133. The van der Waals surface area contributed by atoms with Gasteiger partial charge in [0.15, 0.2) is 28.7 Å². The van der Waals surface area contributed by atoms with Crippen molar-refractivity contribution in [2.75, 3.05) is 13.2 Å². The summed E-state index contributed by atoms with van der Waals surface area (Å²) >= 11 is 0. The van der Waals surface area contributed by atoms with Crippen LogP contribution < -0.4 is 9.47 Å². The maximum Gasteiger partial charge on any atom is 0.402 e. The molecule has 4 aromatic rings. The van der Waals surface area contributed by atoms with Crippen molar-refractivity contribution in [3.05, 3.63) is 60.2 Å². The van der Waals surface area contributed by atoms with Crippen LogP contribution in [0.4, 0.5) is 0 Å². The van der Waals surface area contributed by atoms with E-state index in [9.17, 15) is 75.7 Å². The first kappa shape index (κ1) is 44.8. The van der Waals surface area contributed by atoms with Gasteiger partial charge < -0.3 is 94.8 Å². The van der Waals surface area contributed by atoms with Crippen molar-refractivity contribution in [1.82, 2.24) is 0 Å². The van der Waals surface area contributed by atoms with Crippen molar-refractivity contribution >= 4 is 35.0 Å². The number of hydrogen-bond donors (Lipinski definition) is 13. The number of fused-ring (bicyclic) bond motifs is 1. The number of carboxylic acids is 1. The zero-order chi connectivity index (χ0) is 45.2. The minimum atomic E-state index is -2.04. The smallest absolute Gasteiger partial charge is 0.402 e. The number of rotatable bonds is 13. The minimum absolute atomic E-state index is 0.153. The molecule has 10 unspecified atom stereocenters. The molecule has 0 saturated carbocycles. The number of carbonyl (C=O) groups excluding carboxylic acids is 2. The lowest BCUT2D eigenvalue weighted by Crippen LogP contribution is -2.60. The third-order valence-corrected chi connectivity index (χ3v) is 9.46. The molecule has 2 aliphatic heterocycles. The maximum atomic E-state index is 12.5. The quantitative estimate of drug-likeness (QED) is 0.0259. The Labute approximate surface area is 346 Å². The molecule has 13 N–H and O–H groups in total. The highest BCUT2D eigenvalue weighted by Crippen LogP contribution is 2.45. The molecule has 10 atom stereocenters. The van der Waals surface area contributed by atoms with Gasteiger partial charge in [0.1, 0.15) is 85.4 Å². The number of phenolic OH excluding ortho intramolecular Hbond substituents is 6. The fourth-order valence-electron chi connectivity index (χ4n) is 6.22. The molecule has 2 fully saturated rings. The number of benzene rings is 3. The number of carboxylic acid groups (broad SMARTS) is 1. The molecule has 23 nitrogen and oxygen atoms in total. The van der Waals surface area contributed by atoms with Gasteiger partial charge in [-0.05, 0) is 23.8 Å². The van der Waals surface area contributed by atoms with Gasteiger partial charge in [-0.15, -0.1) is 0 Å². The maximum absolute atomic E-state index is 12.5. The summed E-state index contributed by atoms with van der Waals surface area (Å²) in [5.41, 5.74) is -0.177. The summed E-state index contributed by atoms with van der Waals surface area (Å²) in [6, 6.07) is 8.69. The summed E-state index contributed by atoms with van der Waals surface area (Å²) in [4.78, 5) is 35.2. The summed E-state index contributed by atoms with van der Waals surface area (Å²) in [5.74, 6) is -9.00. The van der Waals surface area contributed by atoms with E-state index in [0.717, 1.165) is 42.5 Å². The van der Waals surface area contributed by atoms with Crippen LogP contribution >= 0.6 is 0 Å². The second-order valence-corrected chi connectivity index (χ2v) is 13.9. The SMILES string of the molecule is O=C(O)CC(=O)OCC1OC(Oc2cc(O)cc3[o+]c(-c4cc(O)c(O)c(O)c4)c(OC4OC(COC(=O)C=Cc5ccc(O)c(O)c5)C(O)C(O)C4O)cc23)C(O)C(O)C1O. The monoisotopic (exact) mass is 875 g/mol. The molecular formula is C39H39O23+. The van der Waals surface area contributed by atoms with Crippen LogP contribution in [-0.4, -0.2) is 159 Å². The number of aliphatic hydroxyl groups is 6. The number of aliphatic hydroxyl groups excluding tert-OH is 6. The van der Waals surface area contributed by atoms with Gasteiger partial charge in [0, 0.05) is 30.3 Å². The average Bonchev–Trinajstić information content (AvgIpc) is 3.22. The number of esters is 2. The number of phenols is 6. The van der Waals surface area contributed by atoms with E-state index < -0.39 is 151 Å². The highest BCUT2D eigenvalue weighted by molar-refractivity contribution is 5.90. The Balaban J connectivity index is 1.31. The average molecular weight is 876 g/mol. The van der Waals surface area contributed by atoms with Crippen molar-refractivity contribution in [2.45, 2.75) is 67.8 Å². The number of aliphatic carboxylic acids is 1. The number of carbonyl (C=O) groups is 3. The van der Waals surface area contributed by atoms with E-state index >= 15 is 0 Å². The summed E-state index contributed by atoms with van der Waals surface area (Å²) in [7, 11) is 0. The fourth-order valence-corrected chi connectivity index (χ4v) is 6.22. The predicted molar refractivity (Wildman–Crippen MR) is 200 cm³/mol. The molecule has 3 heterocycles. The van der Waals surface area contributed by atoms with Crippen LogP contribution in [0.3, 0.4) is 0 Å². The van der Waals surface area contributed by atoms with Crippen LogP contribution in [0.15, 0.2) is 59.0 Å². The Hall–Kier alpha value is -6.70.